The highest BCUT2D eigenvalue weighted by Gasteiger charge is 2.20. The lowest BCUT2D eigenvalue weighted by atomic mass is 9.88. The number of nitrogens with zero attached hydrogens (tertiary/aromatic N) is 1. The first kappa shape index (κ1) is 11.9. The van der Waals surface area contributed by atoms with E-state index in [0.29, 0.717) is 5.69 Å². The molecule has 1 aliphatic rings. The minimum Gasteiger partial charge on any atom is -0.325 e. The molecule has 4 nitrogen and oxygen atoms in total. The van der Waals surface area contributed by atoms with Crippen LogP contribution in [-0.4, -0.2) is 10.5 Å². The Morgan fingerprint density at radius 2 is 2.00 bits per heavy atom. The van der Waals surface area contributed by atoms with Crippen LogP contribution in [0, 0.1) is 5.92 Å². The molecule has 4 heteroatoms. The van der Waals surface area contributed by atoms with Crippen molar-refractivity contribution >= 4 is 11.6 Å². The van der Waals surface area contributed by atoms with Crippen molar-refractivity contribution in [3.05, 3.63) is 28.7 Å². The number of nitrogens with one attached hydrogen (secondary N) is 1. The van der Waals surface area contributed by atoms with Crippen LogP contribution in [0.15, 0.2) is 23.1 Å². The van der Waals surface area contributed by atoms with E-state index in [2.05, 4.69) is 5.32 Å². The first-order chi connectivity index (χ1) is 8.16. The Bertz CT molecular complexity index is 459. The van der Waals surface area contributed by atoms with E-state index in [0.717, 1.165) is 25.7 Å². The summed E-state index contributed by atoms with van der Waals surface area (Å²) in [5.74, 6) is 0.226. The molecule has 0 spiro atoms. The average Bonchev–Trinajstić information content (AvgIpc) is 2.35. The summed E-state index contributed by atoms with van der Waals surface area (Å²) < 4.78 is 1.47. The zero-order valence-corrected chi connectivity index (χ0v) is 10.1. The van der Waals surface area contributed by atoms with Crippen molar-refractivity contribution in [3.8, 4) is 0 Å². The molecule has 0 radical (unpaired) electrons. The molecular formula is C13H18N2O2. The number of aromatic nitrogens is 1. The van der Waals surface area contributed by atoms with E-state index in [1.807, 2.05) is 0 Å². The van der Waals surface area contributed by atoms with Gasteiger partial charge in [-0.15, -0.1) is 0 Å². The van der Waals surface area contributed by atoms with Gasteiger partial charge in [-0.1, -0.05) is 19.3 Å². The number of aryl methyl sites for hydroxylation is 1. The van der Waals surface area contributed by atoms with Gasteiger partial charge in [-0.3, -0.25) is 9.59 Å². The van der Waals surface area contributed by atoms with Gasteiger partial charge in [0, 0.05) is 25.2 Å². The van der Waals surface area contributed by atoms with Crippen LogP contribution in [0.2, 0.25) is 0 Å². The van der Waals surface area contributed by atoms with Gasteiger partial charge in [-0.2, -0.15) is 0 Å². The van der Waals surface area contributed by atoms with Crippen LogP contribution in [0.5, 0.6) is 0 Å². The zero-order chi connectivity index (χ0) is 12.3. The SMILES string of the molecule is Cn1cc(NC(=O)C2CCCCC2)ccc1=O. The standard InChI is InChI=1S/C13H18N2O2/c1-15-9-11(7-8-12(15)16)14-13(17)10-5-3-2-4-6-10/h7-10H,2-6H2,1H3,(H,14,17). The molecule has 1 fully saturated rings. The molecule has 1 aliphatic carbocycles. The van der Waals surface area contributed by atoms with Gasteiger partial charge in [-0.25, -0.2) is 0 Å². The molecule has 1 saturated carbocycles. The van der Waals surface area contributed by atoms with Gasteiger partial charge in [0.05, 0.1) is 5.69 Å². The molecule has 0 aliphatic heterocycles. The van der Waals surface area contributed by atoms with Crippen LogP contribution < -0.4 is 10.9 Å². The third kappa shape index (κ3) is 2.96. The smallest absolute Gasteiger partial charge is 0.250 e. The van der Waals surface area contributed by atoms with Gasteiger partial charge in [-0.05, 0) is 18.9 Å². The van der Waals surface area contributed by atoms with Crippen LogP contribution in [0.3, 0.4) is 0 Å². The van der Waals surface area contributed by atoms with E-state index < -0.39 is 0 Å². The fourth-order valence-corrected chi connectivity index (χ4v) is 2.28. The van der Waals surface area contributed by atoms with Gasteiger partial charge in [0.25, 0.3) is 0 Å². The van der Waals surface area contributed by atoms with Gasteiger partial charge < -0.3 is 9.88 Å². The van der Waals surface area contributed by atoms with Crippen molar-refractivity contribution in [2.24, 2.45) is 13.0 Å². The van der Waals surface area contributed by atoms with Crippen molar-refractivity contribution in [1.82, 2.24) is 4.57 Å². The van der Waals surface area contributed by atoms with Crippen molar-refractivity contribution in [2.45, 2.75) is 32.1 Å². The summed E-state index contributed by atoms with van der Waals surface area (Å²) >= 11 is 0. The maximum Gasteiger partial charge on any atom is 0.250 e. The molecule has 0 aromatic carbocycles. The first-order valence-electron chi connectivity index (χ1n) is 6.14. The molecule has 1 heterocycles. The van der Waals surface area contributed by atoms with E-state index >= 15 is 0 Å². The summed E-state index contributed by atoms with van der Waals surface area (Å²) in [5.41, 5.74) is 0.628. The lowest BCUT2D eigenvalue weighted by Crippen LogP contribution is -2.25. The first-order valence-corrected chi connectivity index (χ1v) is 6.14. The number of hydrogen-bond acceptors (Lipinski definition) is 2. The van der Waals surface area contributed by atoms with E-state index in [4.69, 9.17) is 0 Å². The summed E-state index contributed by atoms with van der Waals surface area (Å²) in [6.45, 7) is 0. The summed E-state index contributed by atoms with van der Waals surface area (Å²) in [7, 11) is 1.68. The molecule has 2 rings (SSSR count). The Morgan fingerprint density at radius 3 is 2.65 bits per heavy atom. The number of carbonyl (C=O) groups excluding carboxylic acids is 1. The molecule has 0 atom stereocenters. The predicted octanol–water partition coefficient (Wildman–Crippen LogP) is 1.90. The summed E-state index contributed by atoms with van der Waals surface area (Å²) in [5, 5.41) is 2.88. The number of carbonyl (C=O) groups is 1. The van der Waals surface area contributed by atoms with Crippen LogP contribution in [0.4, 0.5) is 5.69 Å². The molecule has 1 amide bonds. The summed E-state index contributed by atoms with van der Waals surface area (Å²) in [4.78, 5) is 23.2. The van der Waals surface area contributed by atoms with Gasteiger partial charge in [0.2, 0.25) is 11.5 Å². The second-order valence-corrected chi connectivity index (χ2v) is 4.69. The quantitative estimate of drug-likeness (QED) is 0.849. The Hall–Kier alpha value is -1.58. The van der Waals surface area contributed by atoms with Gasteiger partial charge >= 0.3 is 0 Å². The Labute approximate surface area is 101 Å². The Kier molecular flexibility index (Phi) is 3.61. The summed E-state index contributed by atoms with van der Waals surface area (Å²) in [6.07, 6.45) is 7.15. The van der Waals surface area contributed by atoms with Gasteiger partial charge in [0.15, 0.2) is 0 Å². The molecule has 1 aromatic heterocycles. The second kappa shape index (κ2) is 5.17. The molecule has 0 saturated heterocycles. The number of amides is 1. The second-order valence-electron chi connectivity index (χ2n) is 4.69. The Balaban J connectivity index is 2.02. The highest BCUT2D eigenvalue weighted by molar-refractivity contribution is 5.92. The fraction of sp³-hybridized carbons (Fsp3) is 0.538. The lowest BCUT2D eigenvalue weighted by Gasteiger charge is -2.20. The molecule has 1 aromatic rings. The topological polar surface area (TPSA) is 51.1 Å². The molecule has 0 bridgehead atoms. The normalized spacial score (nSPS) is 16.8. The minimum atomic E-state index is -0.0688. The molecule has 92 valence electrons. The number of hydrogen-bond donors (Lipinski definition) is 1. The number of rotatable bonds is 2. The Morgan fingerprint density at radius 1 is 1.29 bits per heavy atom. The van der Waals surface area contributed by atoms with Crippen molar-refractivity contribution in [3.63, 3.8) is 0 Å². The van der Waals surface area contributed by atoms with Crippen LogP contribution >= 0.6 is 0 Å². The van der Waals surface area contributed by atoms with E-state index in [1.165, 1.54) is 17.1 Å². The molecule has 17 heavy (non-hydrogen) atoms. The maximum absolute atomic E-state index is 12.0. The fourth-order valence-electron chi connectivity index (χ4n) is 2.28. The summed E-state index contributed by atoms with van der Waals surface area (Å²) in [6, 6.07) is 3.12. The van der Waals surface area contributed by atoms with E-state index in [-0.39, 0.29) is 17.4 Å². The minimum absolute atomic E-state index is 0.0688. The largest absolute Gasteiger partial charge is 0.325 e. The maximum atomic E-state index is 12.0. The highest BCUT2D eigenvalue weighted by Crippen LogP contribution is 2.24. The average molecular weight is 234 g/mol. The monoisotopic (exact) mass is 234 g/mol. The molecular weight excluding hydrogens is 216 g/mol. The number of pyridine rings is 1. The van der Waals surface area contributed by atoms with E-state index in [1.54, 1.807) is 19.3 Å². The van der Waals surface area contributed by atoms with Crippen molar-refractivity contribution in [2.75, 3.05) is 5.32 Å². The number of anilines is 1. The van der Waals surface area contributed by atoms with Gasteiger partial charge in [0.1, 0.15) is 0 Å². The third-order valence-corrected chi connectivity index (χ3v) is 3.33. The molecule has 0 unspecified atom stereocenters. The highest BCUT2D eigenvalue weighted by atomic mass is 16.2. The molecule has 1 N–H and O–H groups in total. The van der Waals surface area contributed by atoms with Crippen molar-refractivity contribution < 1.29 is 4.79 Å². The third-order valence-electron chi connectivity index (χ3n) is 3.33. The van der Waals surface area contributed by atoms with E-state index in [9.17, 15) is 9.59 Å². The zero-order valence-electron chi connectivity index (χ0n) is 10.1. The van der Waals surface area contributed by atoms with Crippen molar-refractivity contribution in [1.29, 1.82) is 0 Å². The predicted molar refractivity (Wildman–Crippen MR) is 66.9 cm³/mol. The lowest BCUT2D eigenvalue weighted by molar-refractivity contribution is -0.120. The van der Waals surface area contributed by atoms with Crippen LogP contribution in [-0.2, 0) is 11.8 Å². The van der Waals surface area contributed by atoms with Crippen LogP contribution in [0.1, 0.15) is 32.1 Å². The van der Waals surface area contributed by atoms with Crippen LogP contribution in [0.25, 0.3) is 0 Å².